The van der Waals surface area contributed by atoms with Crippen LogP contribution in [0.25, 0.3) is 0 Å². The maximum absolute atomic E-state index is 11.3. The summed E-state index contributed by atoms with van der Waals surface area (Å²) in [7, 11) is 0. The molecule has 7 heteroatoms. The lowest BCUT2D eigenvalue weighted by Crippen LogP contribution is -2.57. The third-order valence-electron chi connectivity index (χ3n) is 1.81. The van der Waals surface area contributed by atoms with Crippen LogP contribution in [0.3, 0.4) is 0 Å². The number of carbonyl (C=O) groups excluding carboxylic acids is 3. The van der Waals surface area contributed by atoms with E-state index in [1.54, 1.807) is 0 Å². The first kappa shape index (κ1) is 13.4. The first-order chi connectivity index (χ1) is 6.66. The SMILES string of the molecule is CC(C)(NC(=O)C(N)CC(N)=O)C(N)=O. The second-order valence-corrected chi connectivity index (χ2v) is 3.76. The van der Waals surface area contributed by atoms with Crippen LogP contribution in [0.2, 0.25) is 0 Å². The fourth-order valence-corrected chi connectivity index (χ4v) is 0.772. The van der Waals surface area contributed by atoms with Crippen LogP contribution >= 0.6 is 0 Å². The minimum Gasteiger partial charge on any atom is -0.370 e. The lowest BCUT2D eigenvalue weighted by atomic mass is 10.0. The van der Waals surface area contributed by atoms with Crippen LogP contribution < -0.4 is 22.5 Å². The van der Waals surface area contributed by atoms with E-state index >= 15 is 0 Å². The van der Waals surface area contributed by atoms with Crippen molar-refractivity contribution in [3.8, 4) is 0 Å². The monoisotopic (exact) mass is 216 g/mol. The van der Waals surface area contributed by atoms with Crippen LogP contribution in [0.1, 0.15) is 20.3 Å². The Morgan fingerprint density at radius 1 is 1.27 bits per heavy atom. The van der Waals surface area contributed by atoms with E-state index in [4.69, 9.17) is 17.2 Å². The first-order valence-corrected chi connectivity index (χ1v) is 4.32. The zero-order valence-electron chi connectivity index (χ0n) is 8.74. The van der Waals surface area contributed by atoms with Gasteiger partial charge in [-0.2, -0.15) is 0 Å². The number of carbonyl (C=O) groups is 3. The summed E-state index contributed by atoms with van der Waals surface area (Å²) in [6.07, 6.45) is -0.277. The van der Waals surface area contributed by atoms with Crippen molar-refractivity contribution in [2.75, 3.05) is 0 Å². The largest absolute Gasteiger partial charge is 0.370 e. The van der Waals surface area contributed by atoms with Gasteiger partial charge in [-0.1, -0.05) is 0 Å². The Balaban J connectivity index is 4.36. The minimum atomic E-state index is -1.20. The molecule has 1 unspecified atom stereocenters. The predicted molar refractivity (Wildman–Crippen MR) is 53.2 cm³/mol. The molecule has 0 aromatic carbocycles. The molecule has 0 aromatic heterocycles. The van der Waals surface area contributed by atoms with Gasteiger partial charge in [0.15, 0.2) is 0 Å². The number of primary amides is 2. The molecule has 0 bridgehead atoms. The van der Waals surface area contributed by atoms with Crippen LogP contribution in [0.15, 0.2) is 0 Å². The number of hydrogen-bond acceptors (Lipinski definition) is 4. The van der Waals surface area contributed by atoms with Crippen LogP contribution in [0, 0.1) is 0 Å². The highest BCUT2D eigenvalue weighted by molar-refractivity contribution is 5.93. The molecule has 0 aromatic rings. The molecule has 0 saturated carbocycles. The van der Waals surface area contributed by atoms with Crippen molar-refractivity contribution in [2.45, 2.75) is 31.8 Å². The van der Waals surface area contributed by atoms with Crippen molar-refractivity contribution in [1.29, 1.82) is 0 Å². The molecule has 0 rings (SSSR count). The van der Waals surface area contributed by atoms with E-state index in [9.17, 15) is 14.4 Å². The quantitative estimate of drug-likeness (QED) is 0.405. The average molecular weight is 216 g/mol. The van der Waals surface area contributed by atoms with E-state index < -0.39 is 29.3 Å². The molecule has 3 amide bonds. The molecule has 0 radical (unpaired) electrons. The summed E-state index contributed by atoms with van der Waals surface area (Å²) in [5.41, 5.74) is 14.1. The van der Waals surface area contributed by atoms with Gasteiger partial charge >= 0.3 is 0 Å². The average Bonchev–Trinajstić information content (AvgIpc) is 2.01. The summed E-state index contributed by atoms with van der Waals surface area (Å²) in [5, 5.41) is 2.31. The van der Waals surface area contributed by atoms with E-state index in [1.807, 2.05) is 0 Å². The highest BCUT2D eigenvalue weighted by Crippen LogP contribution is 2.01. The zero-order valence-corrected chi connectivity index (χ0v) is 8.74. The standard InChI is InChI=1S/C8H16N4O3/c1-8(2,7(11)15)12-6(14)4(9)3-5(10)13/h4H,3,9H2,1-2H3,(H2,10,13)(H2,11,15)(H,12,14). The van der Waals surface area contributed by atoms with Crippen LogP contribution in [-0.2, 0) is 14.4 Å². The highest BCUT2D eigenvalue weighted by Gasteiger charge is 2.29. The summed E-state index contributed by atoms with van der Waals surface area (Å²) in [6, 6.07) is -1.07. The molecular weight excluding hydrogens is 200 g/mol. The molecule has 0 aliphatic heterocycles. The Morgan fingerprint density at radius 2 is 1.73 bits per heavy atom. The first-order valence-electron chi connectivity index (χ1n) is 4.32. The second-order valence-electron chi connectivity index (χ2n) is 3.76. The molecule has 0 spiro atoms. The molecule has 15 heavy (non-hydrogen) atoms. The Morgan fingerprint density at radius 3 is 2.07 bits per heavy atom. The van der Waals surface area contributed by atoms with Crippen molar-refractivity contribution < 1.29 is 14.4 Å². The maximum Gasteiger partial charge on any atom is 0.242 e. The van der Waals surface area contributed by atoms with Crippen molar-refractivity contribution in [3.63, 3.8) is 0 Å². The molecular formula is C8H16N4O3. The molecule has 0 saturated heterocycles. The van der Waals surface area contributed by atoms with Gasteiger partial charge in [-0.15, -0.1) is 0 Å². The topological polar surface area (TPSA) is 141 Å². The number of amides is 3. The van der Waals surface area contributed by atoms with Crippen molar-refractivity contribution >= 4 is 17.7 Å². The van der Waals surface area contributed by atoms with E-state index in [0.29, 0.717) is 0 Å². The lowest BCUT2D eigenvalue weighted by Gasteiger charge is -2.23. The normalized spacial score (nSPS) is 13.0. The smallest absolute Gasteiger partial charge is 0.242 e. The fourth-order valence-electron chi connectivity index (χ4n) is 0.772. The van der Waals surface area contributed by atoms with Gasteiger partial charge in [0, 0.05) is 0 Å². The van der Waals surface area contributed by atoms with E-state index in [0.717, 1.165) is 0 Å². The van der Waals surface area contributed by atoms with E-state index in [2.05, 4.69) is 5.32 Å². The van der Waals surface area contributed by atoms with Crippen molar-refractivity contribution in [1.82, 2.24) is 5.32 Å². The Bertz CT molecular complexity index is 288. The Hall–Kier alpha value is -1.63. The van der Waals surface area contributed by atoms with Crippen LogP contribution in [0.4, 0.5) is 0 Å². The number of rotatable bonds is 5. The van der Waals surface area contributed by atoms with Crippen molar-refractivity contribution in [3.05, 3.63) is 0 Å². The Kier molecular flexibility index (Phi) is 4.22. The summed E-state index contributed by atoms with van der Waals surface area (Å²) < 4.78 is 0. The lowest BCUT2D eigenvalue weighted by molar-refractivity contribution is -0.132. The molecule has 0 aliphatic carbocycles. The van der Waals surface area contributed by atoms with Crippen LogP contribution in [0.5, 0.6) is 0 Å². The zero-order chi connectivity index (χ0) is 12.2. The van der Waals surface area contributed by atoms with Gasteiger partial charge in [0.2, 0.25) is 17.7 Å². The summed E-state index contributed by atoms with van der Waals surface area (Å²) in [6.45, 7) is 2.87. The van der Waals surface area contributed by atoms with E-state index in [1.165, 1.54) is 13.8 Å². The van der Waals surface area contributed by atoms with E-state index in [-0.39, 0.29) is 6.42 Å². The second kappa shape index (κ2) is 4.74. The van der Waals surface area contributed by atoms with Gasteiger partial charge < -0.3 is 22.5 Å². The molecule has 0 heterocycles. The highest BCUT2D eigenvalue weighted by atomic mass is 16.2. The fraction of sp³-hybridized carbons (Fsp3) is 0.625. The molecule has 1 atom stereocenters. The Labute approximate surface area is 87.3 Å². The van der Waals surface area contributed by atoms with Gasteiger partial charge in [-0.05, 0) is 13.8 Å². The summed E-state index contributed by atoms with van der Waals surface area (Å²) in [5.74, 6) is -2.02. The molecule has 0 aliphatic rings. The predicted octanol–water partition coefficient (Wildman–Crippen LogP) is -2.43. The molecule has 7 N–H and O–H groups in total. The third-order valence-corrected chi connectivity index (χ3v) is 1.81. The molecule has 86 valence electrons. The number of nitrogens with one attached hydrogen (secondary N) is 1. The van der Waals surface area contributed by atoms with Crippen molar-refractivity contribution in [2.24, 2.45) is 17.2 Å². The number of hydrogen-bond donors (Lipinski definition) is 4. The molecule has 7 nitrogen and oxygen atoms in total. The van der Waals surface area contributed by atoms with Gasteiger partial charge in [0.25, 0.3) is 0 Å². The maximum atomic E-state index is 11.3. The summed E-state index contributed by atoms with van der Waals surface area (Å²) in [4.78, 5) is 32.7. The van der Waals surface area contributed by atoms with Gasteiger partial charge in [-0.3, -0.25) is 14.4 Å². The molecule has 0 fully saturated rings. The van der Waals surface area contributed by atoms with Gasteiger partial charge in [0.05, 0.1) is 12.5 Å². The number of nitrogens with two attached hydrogens (primary N) is 3. The van der Waals surface area contributed by atoms with Gasteiger partial charge in [0.1, 0.15) is 5.54 Å². The van der Waals surface area contributed by atoms with Crippen LogP contribution in [-0.4, -0.2) is 29.3 Å². The minimum absolute atomic E-state index is 0.277. The third kappa shape index (κ3) is 4.41. The van der Waals surface area contributed by atoms with Gasteiger partial charge in [-0.25, -0.2) is 0 Å². The summed E-state index contributed by atoms with van der Waals surface area (Å²) >= 11 is 0.